The molecule has 18 heavy (non-hydrogen) atoms. The second-order valence-electron chi connectivity index (χ2n) is 3.81. The molecule has 0 radical (unpaired) electrons. The highest BCUT2D eigenvalue weighted by atomic mass is 35.5. The Morgan fingerprint density at radius 2 is 2.17 bits per heavy atom. The van der Waals surface area contributed by atoms with Crippen LogP contribution < -0.4 is 4.74 Å². The molecule has 0 saturated carbocycles. The van der Waals surface area contributed by atoms with Crippen LogP contribution in [0.3, 0.4) is 0 Å². The fraction of sp³-hybridized carbons (Fsp3) is 0.214. The van der Waals surface area contributed by atoms with E-state index in [4.69, 9.17) is 16.3 Å². The Hall–Kier alpha value is -1.32. The van der Waals surface area contributed by atoms with Crippen LogP contribution in [0.15, 0.2) is 29.6 Å². The van der Waals surface area contributed by atoms with Gasteiger partial charge in [0.05, 0.1) is 17.0 Å². The van der Waals surface area contributed by atoms with Crippen LogP contribution in [0.5, 0.6) is 5.75 Å². The Bertz CT molecular complexity index is 575. The summed E-state index contributed by atoms with van der Waals surface area (Å²) in [6.07, 6.45) is 0.856. The molecule has 0 atom stereocenters. The van der Waals surface area contributed by atoms with Gasteiger partial charge >= 0.3 is 0 Å². The van der Waals surface area contributed by atoms with Gasteiger partial charge in [-0.05, 0) is 41.6 Å². The van der Waals surface area contributed by atoms with Crippen LogP contribution in [-0.2, 0) is 6.42 Å². The van der Waals surface area contributed by atoms with E-state index >= 15 is 0 Å². The van der Waals surface area contributed by atoms with Gasteiger partial charge in [0.15, 0.2) is 0 Å². The van der Waals surface area contributed by atoms with Gasteiger partial charge in [0.1, 0.15) is 5.75 Å². The van der Waals surface area contributed by atoms with Crippen molar-refractivity contribution in [1.82, 2.24) is 0 Å². The van der Waals surface area contributed by atoms with Crippen LogP contribution in [0.25, 0.3) is 0 Å². The molecule has 1 aromatic heterocycles. The molecule has 0 amide bonds. The molecule has 0 aliphatic carbocycles. The third kappa shape index (κ3) is 2.42. The fourth-order valence-electron chi connectivity index (χ4n) is 1.75. The Kier molecular flexibility index (Phi) is 4.04. The van der Waals surface area contributed by atoms with Crippen molar-refractivity contribution >= 4 is 28.7 Å². The zero-order valence-corrected chi connectivity index (χ0v) is 11.8. The van der Waals surface area contributed by atoms with Crippen LogP contribution >= 0.6 is 22.9 Å². The van der Waals surface area contributed by atoms with Crippen molar-refractivity contribution in [3.8, 4) is 5.75 Å². The maximum absolute atomic E-state index is 12.3. The lowest BCUT2D eigenvalue weighted by atomic mass is 10.1. The van der Waals surface area contributed by atoms with E-state index in [1.807, 2.05) is 18.4 Å². The van der Waals surface area contributed by atoms with Crippen molar-refractivity contribution in [3.63, 3.8) is 0 Å². The molecule has 1 aromatic carbocycles. The molecule has 0 aliphatic rings. The first-order valence-electron chi connectivity index (χ1n) is 5.62. The summed E-state index contributed by atoms with van der Waals surface area (Å²) < 4.78 is 5.07. The third-order valence-electron chi connectivity index (χ3n) is 2.75. The van der Waals surface area contributed by atoms with Crippen molar-refractivity contribution in [2.75, 3.05) is 7.11 Å². The SMILES string of the molecule is CCc1ccsc1C(=O)c1ccc(OC)c(Cl)c1. The number of carbonyl (C=O) groups excluding carboxylic acids is 1. The summed E-state index contributed by atoms with van der Waals surface area (Å²) in [5.41, 5.74) is 1.68. The van der Waals surface area contributed by atoms with Gasteiger partial charge in [-0.1, -0.05) is 18.5 Å². The Labute approximate surface area is 115 Å². The van der Waals surface area contributed by atoms with Crippen molar-refractivity contribution in [2.24, 2.45) is 0 Å². The maximum Gasteiger partial charge on any atom is 0.203 e. The largest absolute Gasteiger partial charge is 0.495 e. The molecule has 0 N–H and O–H groups in total. The second kappa shape index (κ2) is 5.55. The summed E-state index contributed by atoms with van der Waals surface area (Å²) in [4.78, 5) is 13.1. The summed E-state index contributed by atoms with van der Waals surface area (Å²) in [5, 5.41) is 2.40. The second-order valence-corrected chi connectivity index (χ2v) is 5.13. The molecule has 0 spiro atoms. The zero-order valence-electron chi connectivity index (χ0n) is 10.2. The molecule has 4 heteroatoms. The number of benzene rings is 1. The van der Waals surface area contributed by atoms with Gasteiger partial charge in [-0.2, -0.15) is 0 Å². The number of thiophene rings is 1. The molecule has 0 saturated heterocycles. The average molecular weight is 281 g/mol. The molecule has 0 bridgehead atoms. The number of methoxy groups -OCH3 is 1. The minimum Gasteiger partial charge on any atom is -0.495 e. The molecule has 2 aromatic rings. The summed E-state index contributed by atoms with van der Waals surface area (Å²) in [5.74, 6) is 0.599. The summed E-state index contributed by atoms with van der Waals surface area (Å²) in [6, 6.07) is 7.10. The summed E-state index contributed by atoms with van der Waals surface area (Å²) in [6.45, 7) is 2.04. The molecule has 2 rings (SSSR count). The lowest BCUT2D eigenvalue weighted by Gasteiger charge is -2.05. The van der Waals surface area contributed by atoms with Gasteiger partial charge in [-0.25, -0.2) is 0 Å². The number of hydrogen-bond acceptors (Lipinski definition) is 3. The van der Waals surface area contributed by atoms with Crippen molar-refractivity contribution in [3.05, 3.63) is 50.7 Å². The molecular formula is C14H13ClO2S. The lowest BCUT2D eigenvalue weighted by Crippen LogP contribution is -2.02. The van der Waals surface area contributed by atoms with Crippen LogP contribution in [-0.4, -0.2) is 12.9 Å². The first kappa shape index (κ1) is 13.1. The van der Waals surface area contributed by atoms with E-state index in [-0.39, 0.29) is 5.78 Å². The highest BCUT2D eigenvalue weighted by Crippen LogP contribution is 2.28. The number of carbonyl (C=O) groups is 1. The number of halogens is 1. The predicted octanol–water partition coefficient (Wildman–Crippen LogP) is 4.20. The van der Waals surface area contributed by atoms with E-state index in [0.717, 1.165) is 16.9 Å². The van der Waals surface area contributed by atoms with Crippen LogP contribution in [0, 0.1) is 0 Å². The lowest BCUT2D eigenvalue weighted by molar-refractivity contribution is 0.104. The first-order chi connectivity index (χ1) is 8.67. The van der Waals surface area contributed by atoms with E-state index in [1.165, 1.54) is 11.3 Å². The van der Waals surface area contributed by atoms with Crippen LogP contribution in [0.4, 0.5) is 0 Å². The van der Waals surface area contributed by atoms with E-state index in [0.29, 0.717) is 16.3 Å². The minimum absolute atomic E-state index is 0.0198. The summed E-state index contributed by atoms with van der Waals surface area (Å²) >= 11 is 7.50. The van der Waals surface area contributed by atoms with Gasteiger partial charge in [0, 0.05) is 5.56 Å². The third-order valence-corrected chi connectivity index (χ3v) is 4.00. The van der Waals surface area contributed by atoms with E-state index < -0.39 is 0 Å². The van der Waals surface area contributed by atoms with E-state index in [2.05, 4.69) is 0 Å². The first-order valence-corrected chi connectivity index (χ1v) is 6.87. The van der Waals surface area contributed by atoms with E-state index in [1.54, 1.807) is 25.3 Å². The standard InChI is InChI=1S/C14H13ClO2S/c1-3-9-6-7-18-14(9)13(16)10-4-5-12(17-2)11(15)8-10/h4-8H,3H2,1-2H3. The average Bonchev–Trinajstić information content (AvgIpc) is 2.86. The Balaban J connectivity index is 2.37. The highest BCUT2D eigenvalue weighted by Gasteiger charge is 2.15. The topological polar surface area (TPSA) is 26.3 Å². The van der Waals surface area contributed by atoms with Gasteiger partial charge in [-0.3, -0.25) is 4.79 Å². The van der Waals surface area contributed by atoms with Crippen LogP contribution in [0.2, 0.25) is 5.02 Å². The van der Waals surface area contributed by atoms with Crippen molar-refractivity contribution < 1.29 is 9.53 Å². The van der Waals surface area contributed by atoms with Gasteiger partial charge in [0.25, 0.3) is 0 Å². The zero-order chi connectivity index (χ0) is 13.1. The molecule has 0 unspecified atom stereocenters. The number of ketones is 1. The number of aryl methyl sites for hydroxylation is 1. The molecule has 1 heterocycles. The van der Waals surface area contributed by atoms with Crippen molar-refractivity contribution in [1.29, 1.82) is 0 Å². The minimum atomic E-state index is 0.0198. The predicted molar refractivity (Wildman–Crippen MR) is 75.1 cm³/mol. The number of hydrogen-bond donors (Lipinski definition) is 0. The monoisotopic (exact) mass is 280 g/mol. The highest BCUT2D eigenvalue weighted by molar-refractivity contribution is 7.12. The number of rotatable bonds is 4. The smallest absolute Gasteiger partial charge is 0.203 e. The Morgan fingerprint density at radius 1 is 1.39 bits per heavy atom. The molecular weight excluding hydrogens is 268 g/mol. The van der Waals surface area contributed by atoms with Crippen LogP contribution in [0.1, 0.15) is 27.7 Å². The Morgan fingerprint density at radius 3 is 2.78 bits per heavy atom. The molecule has 94 valence electrons. The van der Waals surface area contributed by atoms with Gasteiger partial charge in [0.2, 0.25) is 5.78 Å². The maximum atomic E-state index is 12.3. The molecule has 0 aliphatic heterocycles. The summed E-state index contributed by atoms with van der Waals surface area (Å²) in [7, 11) is 1.55. The fourth-order valence-corrected chi connectivity index (χ4v) is 2.97. The quantitative estimate of drug-likeness (QED) is 0.785. The normalized spacial score (nSPS) is 10.4. The van der Waals surface area contributed by atoms with Crippen molar-refractivity contribution in [2.45, 2.75) is 13.3 Å². The van der Waals surface area contributed by atoms with Gasteiger partial charge in [-0.15, -0.1) is 11.3 Å². The molecule has 0 fully saturated rings. The van der Waals surface area contributed by atoms with Gasteiger partial charge < -0.3 is 4.74 Å². The van der Waals surface area contributed by atoms with E-state index in [9.17, 15) is 4.79 Å². The number of ether oxygens (including phenoxy) is 1. The molecule has 2 nitrogen and oxygen atoms in total.